The fourth-order valence-electron chi connectivity index (χ4n) is 3.70. The third-order valence-corrected chi connectivity index (χ3v) is 5.29. The zero-order valence-corrected chi connectivity index (χ0v) is 16.5. The lowest BCUT2D eigenvalue weighted by Crippen LogP contribution is -2.36. The predicted molar refractivity (Wildman–Crippen MR) is 109 cm³/mol. The van der Waals surface area contributed by atoms with Crippen LogP contribution in [0.5, 0.6) is 0 Å². The van der Waals surface area contributed by atoms with E-state index in [2.05, 4.69) is 17.6 Å². The van der Waals surface area contributed by atoms with E-state index in [0.717, 1.165) is 24.2 Å². The number of rotatable bonds is 6. The average molecular weight is 391 g/mol. The van der Waals surface area contributed by atoms with Gasteiger partial charge in [0, 0.05) is 6.42 Å². The van der Waals surface area contributed by atoms with Crippen LogP contribution in [0.2, 0.25) is 0 Å². The van der Waals surface area contributed by atoms with Crippen LogP contribution in [-0.2, 0) is 4.79 Å². The molecule has 3 atom stereocenters. The van der Waals surface area contributed by atoms with E-state index in [9.17, 15) is 9.18 Å². The molecular formula is C22H28ClFN2O. The van der Waals surface area contributed by atoms with Crippen LogP contribution < -0.4 is 10.6 Å². The maximum Gasteiger partial charge on any atom is 0.221 e. The molecular weight excluding hydrogens is 363 g/mol. The summed E-state index contributed by atoms with van der Waals surface area (Å²) in [6.07, 6.45) is 2.87. The smallest absolute Gasteiger partial charge is 0.221 e. The molecule has 1 aliphatic rings. The second kappa shape index (κ2) is 10.4. The third kappa shape index (κ3) is 6.05. The summed E-state index contributed by atoms with van der Waals surface area (Å²) in [5.41, 5.74) is 1.89. The minimum Gasteiger partial charge on any atom is -0.345 e. The van der Waals surface area contributed by atoms with Gasteiger partial charge in [0.2, 0.25) is 5.91 Å². The third-order valence-electron chi connectivity index (χ3n) is 5.29. The van der Waals surface area contributed by atoms with Crippen LogP contribution in [0.25, 0.3) is 0 Å². The van der Waals surface area contributed by atoms with Gasteiger partial charge in [-0.25, -0.2) is 4.39 Å². The lowest BCUT2D eigenvalue weighted by molar-refractivity contribution is -0.122. The van der Waals surface area contributed by atoms with E-state index < -0.39 is 0 Å². The highest BCUT2D eigenvalue weighted by Crippen LogP contribution is 2.25. The van der Waals surface area contributed by atoms with Crippen molar-refractivity contribution in [3.8, 4) is 0 Å². The molecule has 2 aromatic rings. The molecule has 146 valence electrons. The maximum atomic E-state index is 13.3. The number of hydrogen-bond acceptors (Lipinski definition) is 2. The first-order valence-electron chi connectivity index (χ1n) is 9.44. The molecule has 3 rings (SSSR count). The molecule has 27 heavy (non-hydrogen) atoms. The Balaban J connectivity index is 0.00000261. The zero-order valence-electron chi connectivity index (χ0n) is 15.7. The molecule has 0 spiro atoms. The number of piperidine rings is 1. The Hall–Kier alpha value is -1.91. The summed E-state index contributed by atoms with van der Waals surface area (Å²) in [5.74, 6) is 0.662. The molecule has 5 heteroatoms. The number of carbonyl (C=O) groups excluding carboxylic acids is 1. The summed E-state index contributed by atoms with van der Waals surface area (Å²) in [7, 11) is 0. The molecule has 1 fully saturated rings. The second-order valence-electron chi connectivity index (χ2n) is 7.25. The van der Waals surface area contributed by atoms with Gasteiger partial charge in [-0.1, -0.05) is 49.4 Å². The largest absolute Gasteiger partial charge is 0.345 e. The van der Waals surface area contributed by atoms with E-state index in [1.807, 2.05) is 30.3 Å². The SMILES string of the molecule is CC(CC(=O)NC(c1ccccc1)c1ccc(F)cc1)C1CCCNC1.Cl. The summed E-state index contributed by atoms with van der Waals surface area (Å²) in [5, 5.41) is 6.58. The number of hydrogen-bond donors (Lipinski definition) is 2. The topological polar surface area (TPSA) is 41.1 Å². The van der Waals surface area contributed by atoms with Crippen LogP contribution in [0.4, 0.5) is 4.39 Å². The number of carbonyl (C=O) groups is 1. The Morgan fingerprint density at radius 2 is 1.81 bits per heavy atom. The lowest BCUT2D eigenvalue weighted by atomic mass is 9.85. The van der Waals surface area contributed by atoms with E-state index in [0.29, 0.717) is 18.3 Å². The van der Waals surface area contributed by atoms with Crippen molar-refractivity contribution in [3.63, 3.8) is 0 Å². The fraction of sp³-hybridized carbons (Fsp3) is 0.409. The van der Waals surface area contributed by atoms with E-state index in [4.69, 9.17) is 0 Å². The first kappa shape index (κ1) is 21.4. The Labute approximate surface area is 167 Å². The summed E-state index contributed by atoms with van der Waals surface area (Å²) in [4.78, 5) is 12.7. The molecule has 0 aromatic heterocycles. The monoisotopic (exact) mass is 390 g/mol. The van der Waals surface area contributed by atoms with E-state index in [-0.39, 0.29) is 30.2 Å². The van der Waals surface area contributed by atoms with Crippen molar-refractivity contribution in [2.75, 3.05) is 13.1 Å². The van der Waals surface area contributed by atoms with Gasteiger partial charge in [0.05, 0.1) is 6.04 Å². The summed E-state index contributed by atoms with van der Waals surface area (Å²) in [6.45, 7) is 4.23. The standard InChI is InChI=1S/C22H27FN2O.ClH/c1-16(19-8-5-13-24-15-19)14-21(26)25-22(17-6-3-2-4-7-17)18-9-11-20(23)12-10-18;/h2-4,6-7,9-12,16,19,22,24H,5,8,13-15H2,1H3,(H,25,26);1H. The first-order chi connectivity index (χ1) is 12.6. The van der Waals surface area contributed by atoms with Gasteiger partial charge in [0.25, 0.3) is 0 Å². The molecule has 2 N–H and O–H groups in total. The van der Waals surface area contributed by atoms with Crippen molar-refractivity contribution in [1.29, 1.82) is 0 Å². The maximum absolute atomic E-state index is 13.3. The number of amides is 1. The van der Waals surface area contributed by atoms with Crippen LogP contribution in [0, 0.1) is 17.7 Å². The minimum absolute atomic E-state index is 0. The Morgan fingerprint density at radius 1 is 1.15 bits per heavy atom. The van der Waals surface area contributed by atoms with Crippen LogP contribution >= 0.6 is 12.4 Å². The van der Waals surface area contributed by atoms with Gasteiger partial charge in [-0.2, -0.15) is 0 Å². The van der Waals surface area contributed by atoms with Crippen molar-refractivity contribution in [1.82, 2.24) is 10.6 Å². The minimum atomic E-state index is -0.273. The van der Waals surface area contributed by atoms with Gasteiger partial charge in [0.1, 0.15) is 5.82 Å². The molecule has 2 aromatic carbocycles. The normalized spacial score (nSPS) is 18.8. The van der Waals surface area contributed by atoms with E-state index in [1.165, 1.54) is 25.0 Å². The van der Waals surface area contributed by atoms with Gasteiger partial charge in [-0.3, -0.25) is 4.79 Å². The second-order valence-corrected chi connectivity index (χ2v) is 7.25. The van der Waals surface area contributed by atoms with Crippen molar-refractivity contribution >= 4 is 18.3 Å². The number of nitrogens with one attached hydrogen (secondary N) is 2. The van der Waals surface area contributed by atoms with Gasteiger partial charge < -0.3 is 10.6 Å². The Bertz CT molecular complexity index is 702. The van der Waals surface area contributed by atoms with E-state index in [1.54, 1.807) is 12.1 Å². The van der Waals surface area contributed by atoms with Crippen molar-refractivity contribution in [2.24, 2.45) is 11.8 Å². The van der Waals surface area contributed by atoms with Crippen molar-refractivity contribution < 1.29 is 9.18 Å². The Kier molecular flexibility index (Phi) is 8.26. The summed E-state index contributed by atoms with van der Waals surface area (Å²) in [6, 6.07) is 15.9. The quantitative estimate of drug-likeness (QED) is 0.763. The van der Waals surface area contributed by atoms with Crippen molar-refractivity contribution in [2.45, 2.75) is 32.2 Å². The number of halogens is 2. The highest BCUT2D eigenvalue weighted by molar-refractivity contribution is 5.85. The molecule has 0 saturated carbocycles. The molecule has 1 amide bonds. The highest BCUT2D eigenvalue weighted by Gasteiger charge is 2.24. The molecule has 1 aliphatic heterocycles. The molecule has 1 heterocycles. The molecule has 0 aliphatic carbocycles. The highest BCUT2D eigenvalue weighted by atomic mass is 35.5. The van der Waals surface area contributed by atoms with Crippen LogP contribution in [0.3, 0.4) is 0 Å². The average Bonchev–Trinajstić information content (AvgIpc) is 2.68. The van der Waals surface area contributed by atoms with Gasteiger partial charge in [-0.15, -0.1) is 12.4 Å². The van der Waals surface area contributed by atoms with Crippen LogP contribution in [0.15, 0.2) is 54.6 Å². The van der Waals surface area contributed by atoms with Gasteiger partial charge in [0.15, 0.2) is 0 Å². The molecule has 0 radical (unpaired) electrons. The zero-order chi connectivity index (χ0) is 18.4. The predicted octanol–water partition coefficient (Wildman–Crippen LogP) is 4.48. The van der Waals surface area contributed by atoms with E-state index >= 15 is 0 Å². The molecule has 1 saturated heterocycles. The van der Waals surface area contributed by atoms with Gasteiger partial charge in [-0.05, 0) is 61.0 Å². The fourth-order valence-corrected chi connectivity index (χ4v) is 3.70. The van der Waals surface area contributed by atoms with Crippen LogP contribution in [-0.4, -0.2) is 19.0 Å². The Morgan fingerprint density at radius 3 is 2.44 bits per heavy atom. The van der Waals surface area contributed by atoms with Crippen molar-refractivity contribution in [3.05, 3.63) is 71.5 Å². The molecule has 3 nitrogen and oxygen atoms in total. The van der Waals surface area contributed by atoms with Gasteiger partial charge >= 0.3 is 0 Å². The number of benzene rings is 2. The summed E-state index contributed by atoms with van der Waals surface area (Å²) < 4.78 is 13.3. The first-order valence-corrected chi connectivity index (χ1v) is 9.44. The molecule has 0 bridgehead atoms. The summed E-state index contributed by atoms with van der Waals surface area (Å²) >= 11 is 0. The molecule has 3 unspecified atom stereocenters. The van der Waals surface area contributed by atoms with Crippen LogP contribution in [0.1, 0.15) is 43.4 Å². The lowest BCUT2D eigenvalue weighted by Gasteiger charge is -2.28.